The molecule has 2 rings (SSSR count). The number of halogens is 3. The minimum Gasteiger partial charge on any atom is -0.481 e. The molecule has 6 nitrogen and oxygen atoms in total. The Balaban J connectivity index is 2.64. The lowest BCUT2D eigenvalue weighted by Gasteiger charge is -2.08. The first-order valence-corrected chi connectivity index (χ1v) is 4.79. The van der Waals surface area contributed by atoms with Crippen LogP contribution in [0.3, 0.4) is 0 Å². The molecule has 0 saturated heterocycles. The van der Waals surface area contributed by atoms with E-state index < -0.39 is 24.3 Å². The highest BCUT2D eigenvalue weighted by Crippen LogP contribution is 2.29. The molecule has 96 valence electrons. The normalized spacial score (nSPS) is 12.0. The van der Waals surface area contributed by atoms with E-state index in [2.05, 4.69) is 15.1 Å². The van der Waals surface area contributed by atoms with E-state index in [1.807, 2.05) is 0 Å². The molecule has 0 aliphatic carbocycles. The summed E-state index contributed by atoms with van der Waals surface area (Å²) in [7, 11) is 0. The number of hydrogen-bond acceptors (Lipinski definition) is 4. The number of hydrogen-bond donors (Lipinski definition) is 1. The number of carboxylic acids is 1. The van der Waals surface area contributed by atoms with E-state index in [9.17, 15) is 18.0 Å². The van der Waals surface area contributed by atoms with Crippen LogP contribution in [0.2, 0.25) is 0 Å². The number of aryl methyl sites for hydroxylation is 1. The third kappa shape index (κ3) is 2.24. The van der Waals surface area contributed by atoms with Gasteiger partial charge >= 0.3 is 12.1 Å². The van der Waals surface area contributed by atoms with Crippen LogP contribution in [-0.2, 0) is 17.4 Å². The molecule has 0 spiro atoms. The zero-order valence-electron chi connectivity index (χ0n) is 9.06. The minimum atomic E-state index is -4.61. The van der Waals surface area contributed by atoms with Gasteiger partial charge in [0.1, 0.15) is 6.42 Å². The molecule has 2 aromatic rings. The van der Waals surface area contributed by atoms with Crippen LogP contribution in [0.5, 0.6) is 0 Å². The summed E-state index contributed by atoms with van der Waals surface area (Å²) in [4.78, 5) is 17.9. The molecule has 0 aliphatic heterocycles. The second-order valence-corrected chi connectivity index (χ2v) is 3.59. The van der Waals surface area contributed by atoms with Crippen LogP contribution < -0.4 is 0 Å². The van der Waals surface area contributed by atoms with Gasteiger partial charge < -0.3 is 5.11 Å². The molecule has 0 saturated carbocycles. The first kappa shape index (κ1) is 12.3. The molecular formula is C9H7F3N4O2. The second-order valence-electron chi connectivity index (χ2n) is 3.59. The van der Waals surface area contributed by atoms with E-state index in [0.29, 0.717) is 4.52 Å². The third-order valence-electron chi connectivity index (χ3n) is 2.08. The number of carbonyl (C=O) groups is 1. The molecule has 18 heavy (non-hydrogen) atoms. The number of carboxylic acid groups (broad SMARTS) is 1. The van der Waals surface area contributed by atoms with Crippen LogP contribution in [0.15, 0.2) is 6.07 Å². The predicted molar refractivity (Wildman–Crippen MR) is 51.9 cm³/mol. The summed E-state index contributed by atoms with van der Waals surface area (Å²) >= 11 is 0. The Morgan fingerprint density at radius 3 is 2.67 bits per heavy atom. The molecule has 2 heterocycles. The molecule has 0 aromatic carbocycles. The average molecular weight is 260 g/mol. The summed E-state index contributed by atoms with van der Waals surface area (Å²) in [5.41, 5.74) is -0.904. The largest absolute Gasteiger partial charge is 0.481 e. The summed E-state index contributed by atoms with van der Waals surface area (Å²) in [5.74, 6) is -1.71. The van der Waals surface area contributed by atoms with Gasteiger partial charge in [0.15, 0.2) is 11.5 Å². The van der Waals surface area contributed by atoms with Crippen molar-refractivity contribution in [2.24, 2.45) is 0 Å². The zero-order valence-corrected chi connectivity index (χ0v) is 9.06. The molecule has 0 amide bonds. The molecule has 9 heteroatoms. The number of nitrogens with zero attached hydrogens (tertiary/aromatic N) is 4. The van der Waals surface area contributed by atoms with Gasteiger partial charge in [0.2, 0.25) is 0 Å². The van der Waals surface area contributed by atoms with E-state index in [0.717, 1.165) is 6.07 Å². The summed E-state index contributed by atoms with van der Waals surface area (Å²) in [5, 5.41) is 12.0. The van der Waals surface area contributed by atoms with Gasteiger partial charge in [-0.25, -0.2) is 4.98 Å². The molecule has 0 radical (unpaired) electrons. The summed E-state index contributed by atoms with van der Waals surface area (Å²) in [6, 6.07) is 0.826. The van der Waals surface area contributed by atoms with Crippen LogP contribution >= 0.6 is 0 Å². The Labute approximate surface area is 98.1 Å². The maximum Gasteiger partial charge on any atom is 0.433 e. The highest BCUT2D eigenvalue weighted by atomic mass is 19.4. The van der Waals surface area contributed by atoms with E-state index in [-0.39, 0.29) is 17.3 Å². The monoisotopic (exact) mass is 260 g/mol. The van der Waals surface area contributed by atoms with E-state index in [4.69, 9.17) is 5.11 Å². The lowest BCUT2D eigenvalue weighted by Crippen LogP contribution is -2.14. The van der Waals surface area contributed by atoms with Crippen LogP contribution in [0.4, 0.5) is 13.2 Å². The fourth-order valence-corrected chi connectivity index (χ4v) is 1.44. The fraction of sp³-hybridized carbons (Fsp3) is 0.333. The van der Waals surface area contributed by atoms with Crippen molar-refractivity contribution in [1.82, 2.24) is 19.6 Å². The van der Waals surface area contributed by atoms with Crippen molar-refractivity contribution >= 4 is 11.7 Å². The van der Waals surface area contributed by atoms with Crippen molar-refractivity contribution in [3.63, 3.8) is 0 Å². The molecule has 0 bridgehead atoms. The molecule has 0 fully saturated rings. The smallest absolute Gasteiger partial charge is 0.433 e. The predicted octanol–water partition coefficient (Wildman–Crippen LogP) is 1.08. The molecule has 0 aliphatic rings. The molecule has 0 unspecified atom stereocenters. The third-order valence-corrected chi connectivity index (χ3v) is 2.08. The molecule has 1 N–H and O–H groups in total. The average Bonchev–Trinajstić information content (AvgIpc) is 2.55. The summed E-state index contributed by atoms with van der Waals surface area (Å²) < 4.78 is 38.7. The Bertz CT molecular complexity index is 620. The highest BCUT2D eigenvalue weighted by Gasteiger charge is 2.35. The van der Waals surface area contributed by atoms with Gasteiger partial charge in [-0.1, -0.05) is 0 Å². The number of rotatable bonds is 2. The number of aliphatic carboxylic acids is 1. The zero-order chi connectivity index (χ0) is 13.5. The van der Waals surface area contributed by atoms with Crippen molar-refractivity contribution < 1.29 is 23.1 Å². The highest BCUT2D eigenvalue weighted by molar-refractivity contribution is 5.69. The molecule has 0 atom stereocenters. The summed E-state index contributed by atoms with van der Waals surface area (Å²) in [6.07, 6.45) is -5.17. The summed E-state index contributed by atoms with van der Waals surface area (Å²) in [6.45, 7) is 1.39. The Kier molecular flexibility index (Phi) is 2.68. The van der Waals surface area contributed by atoms with Gasteiger partial charge in [0, 0.05) is 5.69 Å². The Morgan fingerprint density at radius 2 is 2.11 bits per heavy atom. The molecular weight excluding hydrogens is 253 g/mol. The van der Waals surface area contributed by atoms with Gasteiger partial charge in [-0.3, -0.25) is 4.79 Å². The molecule has 2 aromatic heterocycles. The SMILES string of the molecule is Cc1cc(C(F)(F)F)n2nc(CC(=O)O)nc2n1. The van der Waals surface area contributed by atoms with Gasteiger partial charge in [-0.05, 0) is 13.0 Å². The maximum absolute atomic E-state index is 12.7. The number of fused-ring (bicyclic) bond motifs is 1. The second kappa shape index (κ2) is 3.93. The number of aromatic nitrogens is 4. The van der Waals surface area contributed by atoms with Gasteiger partial charge in [-0.2, -0.15) is 22.7 Å². The standard InChI is InChI=1S/C9H7F3N4O2/c1-4-2-5(9(10,11)12)16-8(13-4)14-6(15-16)3-7(17)18/h2H,3H2,1H3,(H,17,18). The number of alkyl halides is 3. The first-order valence-electron chi connectivity index (χ1n) is 4.79. The minimum absolute atomic E-state index is 0.129. The van der Waals surface area contributed by atoms with Crippen LogP contribution in [0, 0.1) is 6.92 Å². The van der Waals surface area contributed by atoms with Crippen molar-refractivity contribution in [2.75, 3.05) is 0 Å². The van der Waals surface area contributed by atoms with Crippen molar-refractivity contribution in [1.29, 1.82) is 0 Å². The van der Waals surface area contributed by atoms with E-state index in [1.54, 1.807) is 0 Å². The fourth-order valence-electron chi connectivity index (χ4n) is 1.44. The van der Waals surface area contributed by atoms with Crippen LogP contribution in [0.1, 0.15) is 17.2 Å². The van der Waals surface area contributed by atoms with E-state index in [1.165, 1.54) is 6.92 Å². The van der Waals surface area contributed by atoms with Crippen molar-refractivity contribution in [3.05, 3.63) is 23.3 Å². The van der Waals surface area contributed by atoms with Crippen molar-refractivity contribution in [3.8, 4) is 0 Å². The van der Waals surface area contributed by atoms with Crippen LogP contribution in [0.25, 0.3) is 5.78 Å². The van der Waals surface area contributed by atoms with Gasteiger partial charge in [0.05, 0.1) is 0 Å². The van der Waals surface area contributed by atoms with Gasteiger partial charge in [0.25, 0.3) is 5.78 Å². The van der Waals surface area contributed by atoms with Gasteiger partial charge in [-0.15, -0.1) is 5.10 Å². The Hall–Kier alpha value is -2.19. The lowest BCUT2D eigenvalue weighted by molar-refractivity contribution is -0.142. The Morgan fingerprint density at radius 1 is 1.44 bits per heavy atom. The van der Waals surface area contributed by atoms with Crippen LogP contribution in [-0.4, -0.2) is 30.7 Å². The lowest BCUT2D eigenvalue weighted by atomic mass is 10.3. The first-order chi connectivity index (χ1) is 8.27. The van der Waals surface area contributed by atoms with E-state index >= 15 is 0 Å². The maximum atomic E-state index is 12.7. The topological polar surface area (TPSA) is 80.4 Å². The van der Waals surface area contributed by atoms with Crippen molar-refractivity contribution in [2.45, 2.75) is 19.5 Å². The quantitative estimate of drug-likeness (QED) is 0.873.